The number of carbonyl (C=O) groups excluding carboxylic acids is 1. The second-order valence-electron chi connectivity index (χ2n) is 8.56. The van der Waals surface area contributed by atoms with Crippen molar-refractivity contribution in [2.24, 2.45) is 5.73 Å². The number of para-hydroxylation sites is 1. The van der Waals surface area contributed by atoms with Crippen LogP contribution in [0.5, 0.6) is 5.75 Å². The summed E-state index contributed by atoms with van der Waals surface area (Å²) in [6, 6.07) is 18.0. The zero-order valence-corrected chi connectivity index (χ0v) is 21.1. The average Bonchev–Trinajstić information content (AvgIpc) is 3.28. The van der Waals surface area contributed by atoms with Gasteiger partial charge >= 0.3 is 0 Å². The van der Waals surface area contributed by atoms with E-state index in [0.29, 0.717) is 27.4 Å². The molecule has 1 unspecified atom stereocenters. The van der Waals surface area contributed by atoms with E-state index in [1.807, 2.05) is 12.1 Å². The third-order valence-corrected chi connectivity index (χ3v) is 8.29. The lowest BCUT2D eigenvalue weighted by atomic mass is 10.0. The zero-order chi connectivity index (χ0) is 26.2. The molecule has 2 heterocycles. The van der Waals surface area contributed by atoms with E-state index in [2.05, 4.69) is 4.98 Å². The van der Waals surface area contributed by atoms with Gasteiger partial charge in [-0.2, -0.15) is 4.31 Å². The molecule has 4 aromatic rings. The molecule has 37 heavy (non-hydrogen) atoms. The quantitative estimate of drug-likeness (QED) is 0.363. The standard InChI is InChI=1S/C26H23ClFN3O5S/c27-17-8-9-22-21(13-17)25(24(30-22)26(29)32)37(33,34)31-10-11-35-19(14-31)15-36-23-7-2-1-6-20(23)16-4-3-5-18(28)12-16/h1-9,12-13,19,30H,10-11,14-15H2,(H2,29,32). The molecular formula is C26H23ClFN3O5S. The minimum atomic E-state index is -4.14. The summed E-state index contributed by atoms with van der Waals surface area (Å²) in [6.45, 7) is 0.272. The molecule has 1 amide bonds. The maximum Gasteiger partial charge on any atom is 0.266 e. The first kappa shape index (κ1) is 25.2. The molecule has 1 aliphatic rings. The maximum atomic E-state index is 13.8. The van der Waals surface area contributed by atoms with Gasteiger partial charge < -0.3 is 20.2 Å². The number of fused-ring (bicyclic) bond motifs is 1. The molecule has 0 aliphatic carbocycles. The highest BCUT2D eigenvalue weighted by Gasteiger charge is 2.36. The van der Waals surface area contributed by atoms with Gasteiger partial charge in [0.15, 0.2) is 0 Å². The SMILES string of the molecule is NC(=O)c1[nH]c2ccc(Cl)cc2c1S(=O)(=O)N1CCOC(COc2ccccc2-c2cccc(F)c2)C1. The number of hydrogen-bond acceptors (Lipinski definition) is 5. The number of hydrogen-bond donors (Lipinski definition) is 2. The number of primary amides is 1. The molecule has 0 spiro atoms. The molecule has 0 saturated carbocycles. The third-order valence-electron chi connectivity index (χ3n) is 6.11. The maximum absolute atomic E-state index is 13.8. The fraction of sp³-hybridized carbons (Fsp3) is 0.192. The van der Waals surface area contributed by atoms with Gasteiger partial charge in [-0.15, -0.1) is 0 Å². The Labute approximate surface area is 217 Å². The third kappa shape index (κ3) is 5.05. The Bertz CT molecular complexity index is 1590. The van der Waals surface area contributed by atoms with Gasteiger partial charge in [-0.3, -0.25) is 4.79 Å². The van der Waals surface area contributed by atoms with Crippen LogP contribution in [0.4, 0.5) is 4.39 Å². The van der Waals surface area contributed by atoms with Crippen LogP contribution in [0.3, 0.4) is 0 Å². The normalized spacial score (nSPS) is 16.6. The van der Waals surface area contributed by atoms with E-state index in [4.69, 9.17) is 26.8 Å². The van der Waals surface area contributed by atoms with Gasteiger partial charge in [0.1, 0.15) is 34.9 Å². The molecule has 1 saturated heterocycles. The van der Waals surface area contributed by atoms with Crippen molar-refractivity contribution in [2.75, 3.05) is 26.3 Å². The van der Waals surface area contributed by atoms with Crippen molar-refractivity contribution >= 4 is 38.4 Å². The minimum absolute atomic E-state index is 0.00406. The summed E-state index contributed by atoms with van der Waals surface area (Å²) in [4.78, 5) is 14.7. The molecule has 8 nitrogen and oxygen atoms in total. The van der Waals surface area contributed by atoms with Crippen molar-refractivity contribution in [3.63, 3.8) is 0 Å². The van der Waals surface area contributed by atoms with Gasteiger partial charge in [-0.1, -0.05) is 41.9 Å². The highest BCUT2D eigenvalue weighted by atomic mass is 35.5. The lowest BCUT2D eigenvalue weighted by molar-refractivity contribution is -0.0248. The number of nitrogens with one attached hydrogen (secondary N) is 1. The number of ether oxygens (including phenoxy) is 2. The Morgan fingerprint density at radius 2 is 1.97 bits per heavy atom. The molecule has 1 aliphatic heterocycles. The number of benzene rings is 3. The number of aromatic amines is 1. The van der Waals surface area contributed by atoms with Crippen LogP contribution in [0.25, 0.3) is 22.0 Å². The molecule has 1 aromatic heterocycles. The van der Waals surface area contributed by atoms with Gasteiger partial charge in [0.25, 0.3) is 5.91 Å². The minimum Gasteiger partial charge on any atom is -0.490 e. The van der Waals surface area contributed by atoms with Crippen molar-refractivity contribution in [1.82, 2.24) is 9.29 Å². The highest BCUT2D eigenvalue weighted by Crippen LogP contribution is 2.33. The topological polar surface area (TPSA) is 115 Å². The van der Waals surface area contributed by atoms with Crippen molar-refractivity contribution in [3.8, 4) is 16.9 Å². The Balaban J connectivity index is 1.38. The Hall–Kier alpha value is -3.44. The molecule has 1 fully saturated rings. The predicted molar refractivity (Wildman–Crippen MR) is 138 cm³/mol. The van der Waals surface area contributed by atoms with Crippen LogP contribution in [0.1, 0.15) is 10.5 Å². The summed E-state index contributed by atoms with van der Waals surface area (Å²) in [5.41, 5.74) is 7.07. The number of rotatable bonds is 7. The fourth-order valence-corrected chi connectivity index (χ4v) is 6.36. The van der Waals surface area contributed by atoms with E-state index in [0.717, 1.165) is 0 Å². The second-order valence-corrected chi connectivity index (χ2v) is 10.9. The summed E-state index contributed by atoms with van der Waals surface area (Å²) >= 11 is 6.11. The van der Waals surface area contributed by atoms with Gasteiger partial charge in [0.2, 0.25) is 10.0 Å². The molecule has 0 radical (unpaired) electrons. The second kappa shape index (κ2) is 10.1. The van der Waals surface area contributed by atoms with Crippen molar-refractivity contribution < 1.29 is 27.1 Å². The Morgan fingerprint density at radius 1 is 1.16 bits per heavy atom. The van der Waals surface area contributed by atoms with E-state index in [1.54, 1.807) is 36.4 Å². The Morgan fingerprint density at radius 3 is 2.76 bits per heavy atom. The van der Waals surface area contributed by atoms with E-state index in [9.17, 15) is 17.6 Å². The number of sulfonamides is 1. The van der Waals surface area contributed by atoms with Crippen LogP contribution in [-0.4, -0.2) is 56.0 Å². The molecule has 1 atom stereocenters. The summed E-state index contributed by atoms with van der Waals surface area (Å²) < 4.78 is 54.2. The molecule has 3 aromatic carbocycles. The molecule has 192 valence electrons. The first-order chi connectivity index (χ1) is 17.7. The van der Waals surface area contributed by atoms with Crippen molar-refractivity contribution in [1.29, 1.82) is 0 Å². The molecule has 0 bridgehead atoms. The van der Waals surface area contributed by atoms with E-state index in [1.165, 1.54) is 22.5 Å². The van der Waals surface area contributed by atoms with Crippen molar-refractivity contribution in [2.45, 2.75) is 11.0 Å². The number of carbonyl (C=O) groups is 1. The van der Waals surface area contributed by atoms with Crippen LogP contribution in [-0.2, 0) is 14.8 Å². The van der Waals surface area contributed by atoms with Crippen LogP contribution in [0.15, 0.2) is 71.6 Å². The number of nitrogens with zero attached hydrogens (tertiary/aromatic N) is 1. The van der Waals surface area contributed by atoms with Crippen LogP contribution >= 0.6 is 11.6 Å². The Kier molecular flexibility index (Phi) is 6.91. The fourth-order valence-electron chi connectivity index (χ4n) is 4.39. The van der Waals surface area contributed by atoms with Crippen LogP contribution in [0, 0.1) is 5.82 Å². The largest absolute Gasteiger partial charge is 0.490 e. The van der Waals surface area contributed by atoms with E-state index >= 15 is 0 Å². The summed E-state index contributed by atoms with van der Waals surface area (Å²) in [7, 11) is -4.14. The summed E-state index contributed by atoms with van der Waals surface area (Å²) in [6.07, 6.45) is -0.588. The number of aromatic nitrogens is 1. The zero-order valence-electron chi connectivity index (χ0n) is 19.5. The first-order valence-corrected chi connectivity index (χ1v) is 13.3. The van der Waals surface area contributed by atoms with Gasteiger partial charge in [0, 0.05) is 34.6 Å². The number of morpholine rings is 1. The van der Waals surface area contributed by atoms with Gasteiger partial charge in [-0.05, 0) is 42.0 Å². The summed E-state index contributed by atoms with van der Waals surface area (Å²) in [5.74, 6) is -0.746. The number of amides is 1. The predicted octanol–water partition coefficient (Wildman–Crippen LogP) is 4.19. The monoisotopic (exact) mass is 543 g/mol. The number of nitrogens with two attached hydrogens (primary N) is 1. The van der Waals surface area contributed by atoms with Gasteiger partial charge in [-0.25, -0.2) is 12.8 Å². The molecule has 11 heteroatoms. The van der Waals surface area contributed by atoms with Crippen LogP contribution in [0.2, 0.25) is 5.02 Å². The lowest BCUT2D eigenvalue weighted by Crippen LogP contribution is -2.47. The smallest absolute Gasteiger partial charge is 0.266 e. The van der Waals surface area contributed by atoms with Crippen LogP contribution < -0.4 is 10.5 Å². The molecular weight excluding hydrogens is 521 g/mol. The number of halogens is 2. The van der Waals surface area contributed by atoms with Crippen molar-refractivity contribution in [3.05, 3.63) is 83.3 Å². The summed E-state index contributed by atoms with van der Waals surface area (Å²) in [5, 5.41) is 0.605. The number of H-pyrrole nitrogens is 1. The average molecular weight is 544 g/mol. The molecule has 3 N–H and O–H groups in total. The first-order valence-electron chi connectivity index (χ1n) is 11.4. The lowest BCUT2D eigenvalue weighted by Gasteiger charge is -2.32. The van der Waals surface area contributed by atoms with E-state index in [-0.39, 0.29) is 48.1 Å². The van der Waals surface area contributed by atoms with E-state index < -0.39 is 22.0 Å². The molecule has 5 rings (SSSR count). The highest BCUT2D eigenvalue weighted by molar-refractivity contribution is 7.89. The van der Waals surface area contributed by atoms with Gasteiger partial charge in [0.05, 0.1) is 6.61 Å².